The molecule has 0 aliphatic rings. The third-order valence-corrected chi connectivity index (χ3v) is 3.57. The minimum absolute atomic E-state index is 0.103. The number of nitrogens with one attached hydrogen (secondary N) is 1. The molecule has 0 saturated carbocycles. The lowest BCUT2D eigenvalue weighted by Gasteiger charge is -2.18. The third-order valence-electron chi connectivity index (χ3n) is 3.57. The van der Waals surface area contributed by atoms with Crippen molar-refractivity contribution in [3.8, 4) is 0 Å². The Labute approximate surface area is 131 Å². The van der Waals surface area contributed by atoms with Gasteiger partial charge < -0.3 is 5.32 Å². The standard InChI is InChI=1S/C19H19N3/c1-2-8-16(9-3-1)19(18-11-5-7-14-21-18)22-15-12-17-10-4-6-13-20-17/h1-11,13-14,19,22H,12,15H2. The molecule has 0 amide bonds. The molecule has 2 heterocycles. The Balaban J connectivity index is 1.72. The molecule has 0 spiro atoms. The van der Waals surface area contributed by atoms with Crippen LogP contribution >= 0.6 is 0 Å². The van der Waals surface area contributed by atoms with Gasteiger partial charge in [-0.1, -0.05) is 42.5 Å². The quantitative estimate of drug-likeness (QED) is 0.756. The number of hydrogen-bond acceptors (Lipinski definition) is 3. The smallest absolute Gasteiger partial charge is 0.0751 e. The summed E-state index contributed by atoms with van der Waals surface area (Å²) in [7, 11) is 0. The van der Waals surface area contributed by atoms with Crippen molar-refractivity contribution in [2.24, 2.45) is 0 Å². The minimum atomic E-state index is 0.103. The van der Waals surface area contributed by atoms with Gasteiger partial charge in [-0.25, -0.2) is 0 Å². The molecule has 1 atom stereocenters. The molecular weight excluding hydrogens is 270 g/mol. The maximum atomic E-state index is 4.50. The molecule has 0 aliphatic heterocycles. The lowest BCUT2D eigenvalue weighted by atomic mass is 10.0. The lowest BCUT2D eigenvalue weighted by Crippen LogP contribution is -2.25. The van der Waals surface area contributed by atoms with Crippen molar-refractivity contribution in [2.75, 3.05) is 6.54 Å². The van der Waals surface area contributed by atoms with Gasteiger partial charge in [-0.2, -0.15) is 0 Å². The highest BCUT2D eigenvalue weighted by atomic mass is 14.9. The Bertz CT molecular complexity index is 629. The summed E-state index contributed by atoms with van der Waals surface area (Å²) < 4.78 is 0. The zero-order valence-electron chi connectivity index (χ0n) is 12.4. The Kier molecular flexibility index (Phi) is 4.90. The summed E-state index contributed by atoms with van der Waals surface area (Å²) in [6, 6.07) is 22.6. The van der Waals surface area contributed by atoms with Crippen molar-refractivity contribution >= 4 is 0 Å². The van der Waals surface area contributed by atoms with Gasteiger partial charge in [0.15, 0.2) is 0 Å². The largest absolute Gasteiger partial charge is 0.305 e. The van der Waals surface area contributed by atoms with Gasteiger partial charge in [0.1, 0.15) is 0 Å². The van der Waals surface area contributed by atoms with E-state index in [1.165, 1.54) is 5.56 Å². The molecular formula is C19H19N3. The first kappa shape index (κ1) is 14.4. The van der Waals surface area contributed by atoms with Crippen LogP contribution in [0.15, 0.2) is 79.1 Å². The molecule has 0 saturated heterocycles. The van der Waals surface area contributed by atoms with Gasteiger partial charge in [-0.3, -0.25) is 9.97 Å². The number of hydrogen-bond donors (Lipinski definition) is 1. The molecule has 3 rings (SSSR count). The summed E-state index contributed by atoms with van der Waals surface area (Å²) in [5.41, 5.74) is 3.36. The highest BCUT2D eigenvalue weighted by Crippen LogP contribution is 2.19. The topological polar surface area (TPSA) is 37.8 Å². The van der Waals surface area contributed by atoms with Gasteiger partial charge in [0, 0.05) is 31.1 Å². The van der Waals surface area contributed by atoms with E-state index in [9.17, 15) is 0 Å². The SMILES string of the molecule is c1ccc(C(NCCc2ccccn2)c2ccccn2)cc1. The van der Waals surface area contributed by atoms with Crippen LogP contribution in [0.2, 0.25) is 0 Å². The van der Waals surface area contributed by atoms with Gasteiger partial charge in [0.25, 0.3) is 0 Å². The molecule has 0 radical (unpaired) electrons. The van der Waals surface area contributed by atoms with Gasteiger partial charge in [0.2, 0.25) is 0 Å². The number of aromatic nitrogens is 2. The van der Waals surface area contributed by atoms with Gasteiger partial charge >= 0.3 is 0 Å². The van der Waals surface area contributed by atoms with Crippen LogP contribution in [0, 0.1) is 0 Å². The summed E-state index contributed by atoms with van der Waals surface area (Å²) in [6.45, 7) is 0.854. The molecule has 0 aliphatic carbocycles. The highest BCUT2D eigenvalue weighted by molar-refractivity contribution is 5.27. The summed E-state index contributed by atoms with van der Waals surface area (Å²) >= 11 is 0. The van der Waals surface area contributed by atoms with E-state index in [0.29, 0.717) is 0 Å². The molecule has 1 aromatic carbocycles. The average Bonchev–Trinajstić information content (AvgIpc) is 2.61. The number of nitrogens with zero attached hydrogens (tertiary/aromatic N) is 2. The van der Waals surface area contributed by atoms with Crippen LogP contribution in [0.3, 0.4) is 0 Å². The third kappa shape index (κ3) is 3.77. The fraction of sp³-hybridized carbons (Fsp3) is 0.158. The molecule has 3 aromatic rings. The fourth-order valence-electron chi connectivity index (χ4n) is 2.48. The Morgan fingerprint density at radius 3 is 2.18 bits per heavy atom. The molecule has 3 nitrogen and oxygen atoms in total. The Morgan fingerprint density at radius 2 is 1.50 bits per heavy atom. The monoisotopic (exact) mass is 289 g/mol. The van der Waals surface area contributed by atoms with Crippen LogP contribution in [0.5, 0.6) is 0 Å². The van der Waals surface area contributed by atoms with Crippen molar-refractivity contribution in [2.45, 2.75) is 12.5 Å². The normalized spacial score (nSPS) is 12.0. The first-order valence-corrected chi connectivity index (χ1v) is 7.52. The molecule has 0 fully saturated rings. The van der Waals surface area contributed by atoms with E-state index in [2.05, 4.69) is 51.7 Å². The van der Waals surface area contributed by atoms with Crippen LogP contribution in [-0.4, -0.2) is 16.5 Å². The van der Waals surface area contributed by atoms with E-state index in [0.717, 1.165) is 24.4 Å². The van der Waals surface area contributed by atoms with E-state index < -0.39 is 0 Å². The predicted octanol–water partition coefficient (Wildman–Crippen LogP) is 3.40. The maximum Gasteiger partial charge on any atom is 0.0751 e. The van der Waals surface area contributed by atoms with Crippen molar-refractivity contribution < 1.29 is 0 Å². The van der Waals surface area contributed by atoms with Crippen LogP contribution in [0.1, 0.15) is 23.0 Å². The highest BCUT2D eigenvalue weighted by Gasteiger charge is 2.14. The van der Waals surface area contributed by atoms with Crippen LogP contribution in [0.4, 0.5) is 0 Å². The number of benzene rings is 1. The second-order valence-corrected chi connectivity index (χ2v) is 5.12. The van der Waals surface area contributed by atoms with Crippen molar-refractivity contribution in [3.05, 3.63) is 96.1 Å². The number of pyridine rings is 2. The van der Waals surface area contributed by atoms with E-state index in [1.807, 2.05) is 42.7 Å². The van der Waals surface area contributed by atoms with Gasteiger partial charge in [-0.15, -0.1) is 0 Å². The zero-order chi connectivity index (χ0) is 15.0. The molecule has 1 N–H and O–H groups in total. The van der Waals surface area contributed by atoms with Crippen molar-refractivity contribution in [3.63, 3.8) is 0 Å². The van der Waals surface area contributed by atoms with E-state index in [1.54, 1.807) is 0 Å². The van der Waals surface area contributed by atoms with Gasteiger partial charge in [-0.05, 0) is 29.8 Å². The fourth-order valence-corrected chi connectivity index (χ4v) is 2.48. The summed E-state index contributed by atoms with van der Waals surface area (Å²) in [5, 5.41) is 3.60. The summed E-state index contributed by atoms with van der Waals surface area (Å²) in [6.07, 6.45) is 4.57. The Hall–Kier alpha value is -2.52. The Morgan fingerprint density at radius 1 is 0.773 bits per heavy atom. The van der Waals surface area contributed by atoms with Crippen molar-refractivity contribution in [1.29, 1.82) is 0 Å². The summed E-state index contributed by atoms with van der Waals surface area (Å²) in [5.74, 6) is 0. The van der Waals surface area contributed by atoms with Crippen LogP contribution < -0.4 is 5.32 Å². The first-order chi connectivity index (χ1) is 10.9. The molecule has 1 unspecified atom stereocenters. The average molecular weight is 289 g/mol. The molecule has 110 valence electrons. The first-order valence-electron chi connectivity index (χ1n) is 7.52. The minimum Gasteiger partial charge on any atom is -0.305 e. The van der Waals surface area contributed by atoms with E-state index >= 15 is 0 Å². The zero-order valence-corrected chi connectivity index (χ0v) is 12.4. The molecule has 22 heavy (non-hydrogen) atoms. The maximum absolute atomic E-state index is 4.50. The van der Waals surface area contributed by atoms with Crippen LogP contribution in [-0.2, 0) is 6.42 Å². The molecule has 3 heteroatoms. The number of rotatable bonds is 6. The van der Waals surface area contributed by atoms with E-state index in [-0.39, 0.29) is 6.04 Å². The van der Waals surface area contributed by atoms with Crippen LogP contribution in [0.25, 0.3) is 0 Å². The summed E-state index contributed by atoms with van der Waals surface area (Å²) in [4.78, 5) is 8.87. The predicted molar refractivity (Wildman–Crippen MR) is 88.5 cm³/mol. The molecule has 2 aromatic heterocycles. The van der Waals surface area contributed by atoms with Gasteiger partial charge in [0.05, 0.1) is 11.7 Å². The molecule has 0 bridgehead atoms. The lowest BCUT2D eigenvalue weighted by molar-refractivity contribution is 0.590. The van der Waals surface area contributed by atoms with Crippen molar-refractivity contribution in [1.82, 2.24) is 15.3 Å². The van der Waals surface area contributed by atoms with E-state index in [4.69, 9.17) is 0 Å². The second-order valence-electron chi connectivity index (χ2n) is 5.12. The second kappa shape index (κ2) is 7.48.